The van der Waals surface area contributed by atoms with Crippen molar-refractivity contribution >= 4 is 0 Å². The summed E-state index contributed by atoms with van der Waals surface area (Å²) in [6.45, 7) is 8.39. The first-order valence-electron chi connectivity index (χ1n) is 4.57. The molecule has 3 atom stereocenters. The van der Waals surface area contributed by atoms with E-state index in [0.29, 0.717) is 6.04 Å². The SMILES string of the molecule is C=C(CC)CC(N)C1CC1C. The second-order valence-electron chi connectivity index (χ2n) is 3.85. The summed E-state index contributed by atoms with van der Waals surface area (Å²) in [5, 5.41) is 0. The summed E-state index contributed by atoms with van der Waals surface area (Å²) < 4.78 is 0. The van der Waals surface area contributed by atoms with E-state index in [9.17, 15) is 0 Å². The summed E-state index contributed by atoms with van der Waals surface area (Å²) in [7, 11) is 0. The van der Waals surface area contributed by atoms with E-state index in [2.05, 4.69) is 20.4 Å². The van der Waals surface area contributed by atoms with Gasteiger partial charge in [-0.2, -0.15) is 0 Å². The molecule has 2 N–H and O–H groups in total. The van der Waals surface area contributed by atoms with Gasteiger partial charge in [-0.3, -0.25) is 0 Å². The molecule has 0 aromatic heterocycles. The van der Waals surface area contributed by atoms with Crippen molar-refractivity contribution in [1.29, 1.82) is 0 Å². The predicted octanol–water partition coefficient (Wildman–Crippen LogP) is 2.33. The number of rotatable bonds is 4. The second kappa shape index (κ2) is 3.40. The van der Waals surface area contributed by atoms with Gasteiger partial charge in [-0.1, -0.05) is 26.0 Å². The first kappa shape index (κ1) is 8.79. The molecule has 11 heavy (non-hydrogen) atoms. The van der Waals surface area contributed by atoms with Crippen LogP contribution in [0.15, 0.2) is 12.2 Å². The molecule has 1 fully saturated rings. The Morgan fingerprint density at radius 3 is 2.64 bits per heavy atom. The van der Waals surface area contributed by atoms with E-state index < -0.39 is 0 Å². The lowest BCUT2D eigenvalue weighted by Crippen LogP contribution is -2.23. The third-order valence-corrected chi connectivity index (χ3v) is 2.75. The second-order valence-corrected chi connectivity index (χ2v) is 3.85. The zero-order chi connectivity index (χ0) is 8.43. The minimum absolute atomic E-state index is 0.387. The van der Waals surface area contributed by atoms with Crippen molar-refractivity contribution in [2.75, 3.05) is 0 Å². The highest BCUT2D eigenvalue weighted by molar-refractivity contribution is 5.01. The summed E-state index contributed by atoms with van der Waals surface area (Å²) >= 11 is 0. The van der Waals surface area contributed by atoms with Crippen molar-refractivity contribution in [1.82, 2.24) is 0 Å². The molecule has 1 aliphatic carbocycles. The van der Waals surface area contributed by atoms with Crippen LogP contribution < -0.4 is 5.73 Å². The molecular weight excluding hydrogens is 134 g/mol. The van der Waals surface area contributed by atoms with Crippen LogP contribution in [0, 0.1) is 11.8 Å². The molecule has 1 rings (SSSR count). The molecule has 0 aliphatic heterocycles. The maximum Gasteiger partial charge on any atom is 0.0107 e. The molecule has 0 spiro atoms. The lowest BCUT2D eigenvalue weighted by Gasteiger charge is -2.11. The van der Waals surface area contributed by atoms with Gasteiger partial charge in [-0.25, -0.2) is 0 Å². The minimum Gasteiger partial charge on any atom is -0.327 e. The van der Waals surface area contributed by atoms with Gasteiger partial charge in [-0.15, -0.1) is 0 Å². The molecule has 3 unspecified atom stereocenters. The monoisotopic (exact) mass is 153 g/mol. The molecule has 0 bridgehead atoms. The average Bonchev–Trinajstić information content (AvgIpc) is 2.66. The Labute approximate surface area is 69.7 Å². The van der Waals surface area contributed by atoms with E-state index in [4.69, 9.17) is 5.73 Å². The van der Waals surface area contributed by atoms with Gasteiger partial charge in [0.15, 0.2) is 0 Å². The molecule has 1 aliphatic rings. The van der Waals surface area contributed by atoms with E-state index in [1.165, 1.54) is 12.0 Å². The minimum atomic E-state index is 0.387. The van der Waals surface area contributed by atoms with Crippen LogP contribution in [-0.4, -0.2) is 6.04 Å². The molecule has 64 valence electrons. The molecule has 1 heteroatoms. The van der Waals surface area contributed by atoms with Crippen LogP contribution in [0.1, 0.15) is 33.1 Å². The van der Waals surface area contributed by atoms with Gasteiger partial charge >= 0.3 is 0 Å². The van der Waals surface area contributed by atoms with Gasteiger partial charge in [0.05, 0.1) is 0 Å². The first-order valence-corrected chi connectivity index (χ1v) is 4.57. The van der Waals surface area contributed by atoms with Crippen LogP contribution in [0.3, 0.4) is 0 Å². The largest absolute Gasteiger partial charge is 0.327 e. The fraction of sp³-hybridized carbons (Fsp3) is 0.800. The first-order chi connectivity index (χ1) is 5.15. The Kier molecular flexibility index (Phi) is 2.72. The molecule has 1 saturated carbocycles. The molecular formula is C10H19N. The van der Waals surface area contributed by atoms with Crippen LogP contribution in [0.2, 0.25) is 0 Å². The van der Waals surface area contributed by atoms with Gasteiger partial charge in [0.1, 0.15) is 0 Å². The Bertz CT molecular complexity index is 151. The predicted molar refractivity (Wildman–Crippen MR) is 49.3 cm³/mol. The zero-order valence-corrected chi connectivity index (χ0v) is 7.64. The van der Waals surface area contributed by atoms with E-state index in [-0.39, 0.29) is 0 Å². The van der Waals surface area contributed by atoms with Gasteiger partial charge < -0.3 is 5.73 Å². The number of nitrogens with two attached hydrogens (primary N) is 1. The maximum atomic E-state index is 5.99. The summed E-state index contributed by atoms with van der Waals surface area (Å²) in [6.07, 6.45) is 3.44. The fourth-order valence-electron chi connectivity index (χ4n) is 1.58. The lowest BCUT2D eigenvalue weighted by atomic mass is 10.0. The Hall–Kier alpha value is -0.300. The van der Waals surface area contributed by atoms with Crippen LogP contribution >= 0.6 is 0 Å². The third-order valence-electron chi connectivity index (χ3n) is 2.75. The molecule has 1 nitrogen and oxygen atoms in total. The maximum absolute atomic E-state index is 5.99. The molecule has 0 aromatic carbocycles. The number of hydrogen-bond donors (Lipinski definition) is 1. The van der Waals surface area contributed by atoms with Gasteiger partial charge in [0, 0.05) is 6.04 Å². The van der Waals surface area contributed by atoms with Gasteiger partial charge in [0.2, 0.25) is 0 Å². The topological polar surface area (TPSA) is 26.0 Å². The summed E-state index contributed by atoms with van der Waals surface area (Å²) in [4.78, 5) is 0. The van der Waals surface area contributed by atoms with E-state index in [1.807, 2.05) is 0 Å². The Morgan fingerprint density at radius 1 is 1.73 bits per heavy atom. The van der Waals surface area contributed by atoms with E-state index in [1.54, 1.807) is 0 Å². The van der Waals surface area contributed by atoms with Crippen LogP contribution in [0.25, 0.3) is 0 Å². The smallest absolute Gasteiger partial charge is 0.0107 e. The number of hydrogen-bond acceptors (Lipinski definition) is 1. The summed E-state index contributed by atoms with van der Waals surface area (Å²) in [6, 6.07) is 0.387. The van der Waals surface area contributed by atoms with Crippen molar-refractivity contribution in [2.45, 2.75) is 39.2 Å². The van der Waals surface area contributed by atoms with Crippen LogP contribution in [0.4, 0.5) is 0 Å². The van der Waals surface area contributed by atoms with Gasteiger partial charge in [0.25, 0.3) is 0 Å². The van der Waals surface area contributed by atoms with Crippen molar-refractivity contribution in [3.05, 3.63) is 12.2 Å². The van der Waals surface area contributed by atoms with Crippen LogP contribution in [-0.2, 0) is 0 Å². The molecule has 0 aromatic rings. The molecule has 0 saturated heterocycles. The van der Waals surface area contributed by atoms with E-state index in [0.717, 1.165) is 24.7 Å². The van der Waals surface area contributed by atoms with Crippen molar-refractivity contribution in [2.24, 2.45) is 17.6 Å². The average molecular weight is 153 g/mol. The quantitative estimate of drug-likeness (QED) is 0.616. The molecule has 0 heterocycles. The Morgan fingerprint density at radius 2 is 2.27 bits per heavy atom. The van der Waals surface area contributed by atoms with Crippen molar-refractivity contribution in [3.8, 4) is 0 Å². The van der Waals surface area contributed by atoms with Gasteiger partial charge in [-0.05, 0) is 31.1 Å². The molecule has 0 radical (unpaired) electrons. The molecule has 0 amide bonds. The third kappa shape index (κ3) is 2.33. The van der Waals surface area contributed by atoms with E-state index >= 15 is 0 Å². The fourth-order valence-corrected chi connectivity index (χ4v) is 1.58. The Balaban J connectivity index is 2.21. The highest BCUT2D eigenvalue weighted by atomic mass is 14.7. The van der Waals surface area contributed by atoms with Crippen molar-refractivity contribution in [3.63, 3.8) is 0 Å². The highest BCUT2D eigenvalue weighted by Gasteiger charge is 2.37. The zero-order valence-electron chi connectivity index (χ0n) is 7.64. The normalized spacial score (nSPS) is 31.5. The highest BCUT2D eigenvalue weighted by Crippen LogP contribution is 2.41. The van der Waals surface area contributed by atoms with Crippen molar-refractivity contribution < 1.29 is 0 Å². The standard InChI is InChI=1S/C10H19N/c1-4-7(2)5-10(11)9-6-8(9)3/h8-10H,2,4-6,11H2,1,3H3. The summed E-state index contributed by atoms with van der Waals surface area (Å²) in [5.41, 5.74) is 7.29. The van der Waals surface area contributed by atoms with Crippen LogP contribution in [0.5, 0.6) is 0 Å². The lowest BCUT2D eigenvalue weighted by molar-refractivity contribution is 0.553. The summed E-state index contributed by atoms with van der Waals surface area (Å²) in [5.74, 6) is 1.66.